The molecule has 0 aromatic carbocycles. The fourth-order valence-electron chi connectivity index (χ4n) is 6.33. The van der Waals surface area contributed by atoms with E-state index in [1.54, 1.807) is 0 Å². The Morgan fingerprint density at radius 3 is 0.900 bits per heavy atom. The van der Waals surface area contributed by atoms with E-state index in [1.165, 1.54) is 148 Å². The molecule has 2 aromatic rings. The smallest absolute Gasteiger partial charge is 0.275 e. The van der Waals surface area contributed by atoms with E-state index in [1.807, 2.05) is 0 Å². The van der Waals surface area contributed by atoms with Crippen LogP contribution in [0, 0.1) is 0 Å². The van der Waals surface area contributed by atoms with Crippen LogP contribution in [0.2, 0.25) is 0 Å². The Balaban J connectivity index is 2.18. The van der Waals surface area contributed by atoms with Crippen LogP contribution in [0.4, 0.5) is 0 Å². The predicted octanol–water partition coefficient (Wildman–Crippen LogP) is 8.42. The van der Waals surface area contributed by atoms with Gasteiger partial charge in [-0.15, -0.1) is 0 Å². The number of hydrogen-bond acceptors (Lipinski definition) is 0. The number of hydrogen-bond donors (Lipinski definition) is 0. The Labute approximate surface area is 248 Å². The monoisotopic (exact) mass is 555 g/mol. The SMILES string of the molecule is CCCC[N+](CCCC)(CCCC)Cc1ccc(-c2ccc(C[N+](CCCC)(CCCC)CCCC)c[nH+]2)[nH+]c1. The first-order chi connectivity index (χ1) is 19.5. The molecule has 0 radical (unpaired) electrons. The van der Waals surface area contributed by atoms with Gasteiger partial charge in [0.2, 0.25) is 0 Å². The highest BCUT2D eigenvalue weighted by molar-refractivity contribution is 5.46. The molecule has 4 heteroatoms. The zero-order valence-corrected chi connectivity index (χ0v) is 27.5. The Kier molecular flexibility index (Phi) is 16.7. The molecule has 0 spiro atoms. The highest BCUT2D eigenvalue weighted by Crippen LogP contribution is 2.22. The van der Waals surface area contributed by atoms with Crippen LogP contribution >= 0.6 is 0 Å². The van der Waals surface area contributed by atoms with Crippen molar-refractivity contribution in [2.24, 2.45) is 0 Å². The van der Waals surface area contributed by atoms with Gasteiger partial charge in [0.05, 0.1) is 50.4 Å². The lowest BCUT2D eigenvalue weighted by Gasteiger charge is -2.39. The molecule has 2 N–H and O–H groups in total. The van der Waals surface area contributed by atoms with Crippen LogP contribution in [0.15, 0.2) is 36.7 Å². The Morgan fingerprint density at radius 2 is 0.700 bits per heavy atom. The van der Waals surface area contributed by atoms with Crippen LogP contribution in [-0.2, 0) is 13.1 Å². The van der Waals surface area contributed by atoms with E-state index in [2.05, 4.69) is 88.2 Å². The predicted molar refractivity (Wildman–Crippen MR) is 172 cm³/mol. The lowest BCUT2D eigenvalue weighted by molar-refractivity contribution is -0.941. The molecule has 0 unspecified atom stereocenters. The summed E-state index contributed by atoms with van der Waals surface area (Å²) in [5, 5.41) is 0. The molecule has 0 saturated carbocycles. The van der Waals surface area contributed by atoms with Crippen molar-refractivity contribution in [2.45, 2.75) is 132 Å². The lowest BCUT2D eigenvalue weighted by atomic mass is 10.1. The van der Waals surface area contributed by atoms with Crippen molar-refractivity contribution in [3.05, 3.63) is 47.8 Å². The molecule has 40 heavy (non-hydrogen) atoms. The average molecular weight is 555 g/mol. The van der Waals surface area contributed by atoms with Crippen LogP contribution in [0.1, 0.15) is 130 Å². The van der Waals surface area contributed by atoms with Crippen molar-refractivity contribution in [2.75, 3.05) is 39.3 Å². The Bertz CT molecular complexity index is 771. The second kappa shape index (κ2) is 19.4. The van der Waals surface area contributed by atoms with E-state index in [0.29, 0.717) is 0 Å². The summed E-state index contributed by atoms with van der Waals surface area (Å²) in [6.07, 6.45) is 20.2. The number of aromatic amines is 2. The van der Waals surface area contributed by atoms with Crippen molar-refractivity contribution in [3.8, 4) is 11.4 Å². The molecule has 226 valence electrons. The summed E-state index contributed by atoms with van der Waals surface area (Å²) >= 11 is 0. The van der Waals surface area contributed by atoms with Gasteiger partial charge in [0.25, 0.3) is 11.4 Å². The summed E-state index contributed by atoms with van der Waals surface area (Å²) < 4.78 is 2.50. The maximum Gasteiger partial charge on any atom is 0.275 e. The first-order valence-electron chi connectivity index (χ1n) is 17.2. The van der Waals surface area contributed by atoms with Gasteiger partial charge in [0.1, 0.15) is 13.1 Å². The minimum absolute atomic E-state index is 1.15. The average Bonchev–Trinajstić information content (AvgIpc) is 2.99. The minimum atomic E-state index is 1.15. The van der Waals surface area contributed by atoms with Crippen molar-refractivity contribution >= 4 is 0 Å². The molecule has 0 saturated heterocycles. The van der Waals surface area contributed by atoms with Crippen LogP contribution in [-0.4, -0.2) is 48.2 Å². The fourth-order valence-corrected chi connectivity index (χ4v) is 6.33. The molecule has 2 rings (SSSR count). The maximum absolute atomic E-state index is 3.65. The molecule has 0 amide bonds. The molecule has 0 aliphatic rings. The second-order valence-corrected chi connectivity index (χ2v) is 12.7. The molecule has 0 bridgehead atoms. The van der Waals surface area contributed by atoms with Gasteiger partial charge in [-0.05, 0) is 50.7 Å². The third-order valence-corrected chi connectivity index (χ3v) is 9.00. The van der Waals surface area contributed by atoms with E-state index in [9.17, 15) is 0 Å². The number of pyridine rings is 2. The van der Waals surface area contributed by atoms with Gasteiger partial charge in [-0.2, -0.15) is 0 Å². The van der Waals surface area contributed by atoms with Crippen LogP contribution in [0.5, 0.6) is 0 Å². The van der Waals surface area contributed by atoms with Gasteiger partial charge in [0.15, 0.2) is 12.4 Å². The molecule has 0 aliphatic carbocycles. The molecule has 0 fully saturated rings. The van der Waals surface area contributed by atoms with Gasteiger partial charge in [-0.3, -0.25) is 0 Å². The zero-order chi connectivity index (χ0) is 29.1. The van der Waals surface area contributed by atoms with E-state index < -0.39 is 0 Å². The van der Waals surface area contributed by atoms with Gasteiger partial charge in [0, 0.05) is 12.1 Å². The normalized spacial score (nSPS) is 12.2. The summed E-state index contributed by atoms with van der Waals surface area (Å²) in [5.41, 5.74) is 5.22. The van der Waals surface area contributed by atoms with Crippen LogP contribution < -0.4 is 9.97 Å². The summed E-state index contributed by atoms with van der Waals surface area (Å²) in [4.78, 5) is 7.30. The van der Waals surface area contributed by atoms with Gasteiger partial charge in [-0.1, -0.05) is 80.1 Å². The number of quaternary nitrogens is 2. The topological polar surface area (TPSA) is 28.3 Å². The molecule has 4 nitrogen and oxygen atoms in total. The number of rotatable bonds is 23. The van der Waals surface area contributed by atoms with Crippen molar-refractivity contribution in [3.63, 3.8) is 0 Å². The third kappa shape index (κ3) is 11.6. The largest absolute Gasteiger partial charge is 0.320 e. The standard InChI is InChI=1S/C36H64N4/c1-7-13-23-39(24-14-8-2,25-15-9-3)31-33-19-21-35(37-29-33)36-22-20-34(30-38-36)32-40(26-16-10-4,27-17-11-5)28-18-12-6/h19-22,29-30H,7-18,23-28,31-32H2,1-6H3/q+2/p+2. The van der Waals surface area contributed by atoms with Gasteiger partial charge < -0.3 is 8.97 Å². The first kappa shape index (κ1) is 34.4. The summed E-state index contributed by atoms with van der Waals surface area (Å²) in [6, 6.07) is 9.32. The highest BCUT2D eigenvalue weighted by atomic mass is 15.4. The van der Waals surface area contributed by atoms with Gasteiger partial charge >= 0.3 is 0 Å². The first-order valence-corrected chi connectivity index (χ1v) is 17.2. The minimum Gasteiger partial charge on any atom is -0.320 e. The zero-order valence-electron chi connectivity index (χ0n) is 27.5. The van der Waals surface area contributed by atoms with Crippen LogP contribution in [0.25, 0.3) is 11.4 Å². The van der Waals surface area contributed by atoms with E-state index in [4.69, 9.17) is 0 Å². The molecule has 0 atom stereocenters. The molecule has 2 heterocycles. The highest BCUT2D eigenvalue weighted by Gasteiger charge is 2.29. The Hall–Kier alpha value is -1.78. The fraction of sp³-hybridized carbons (Fsp3) is 0.722. The number of nitrogens with zero attached hydrogens (tertiary/aromatic N) is 2. The third-order valence-electron chi connectivity index (χ3n) is 9.00. The number of nitrogens with one attached hydrogen (secondary N) is 2. The number of unbranched alkanes of at least 4 members (excludes halogenated alkanes) is 6. The molecular formula is C36H66N4+4. The number of H-pyrrole nitrogens is 2. The van der Waals surface area contributed by atoms with E-state index in [0.717, 1.165) is 13.1 Å². The van der Waals surface area contributed by atoms with E-state index >= 15 is 0 Å². The van der Waals surface area contributed by atoms with E-state index in [-0.39, 0.29) is 0 Å². The van der Waals surface area contributed by atoms with Crippen LogP contribution in [0.3, 0.4) is 0 Å². The summed E-state index contributed by atoms with van der Waals surface area (Å²) in [6.45, 7) is 24.1. The molecule has 0 aliphatic heterocycles. The molecular weight excluding hydrogens is 488 g/mol. The van der Waals surface area contributed by atoms with Crippen molar-refractivity contribution in [1.29, 1.82) is 0 Å². The molecule has 2 aromatic heterocycles. The second-order valence-electron chi connectivity index (χ2n) is 12.7. The summed E-state index contributed by atoms with van der Waals surface area (Å²) in [7, 11) is 0. The quantitative estimate of drug-likeness (QED) is 0.123. The number of aromatic nitrogens is 2. The van der Waals surface area contributed by atoms with Gasteiger partial charge in [-0.25, -0.2) is 9.97 Å². The Morgan fingerprint density at radius 1 is 0.425 bits per heavy atom. The summed E-state index contributed by atoms with van der Waals surface area (Å²) in [5.74, 6) is 0. The van der Waals surface area contributed by atoms with Crippen molar-refractivity contribution < 1.29 is 18.9 Å². The maximum atomic E-state index is 3.65. The van der Waals surface area contributed by atoms with Crippen molar-refractivity contribution in [1.82, 2.24) is 0 Å². The lowest BCUT2D eigenvalue weighted by Crippen LogP contribution is -2.49.